The number of halogens is 2. The van der Waals surface area contributed by atoms with E-state index in [9.17, 15) is 0 Å². The van der Waals surface area contributed by atoms with Crippen LogP contribution in [0.2, 0.25) is 10.0 Å². The summed E-state index contributed by atoms with van der Waals surface area (Å²) in [7, 11) is 0. The number of hydrogen-bond donors (Lipinski definition) is 1. The summed E-state index contributed by atoms with van der Waals surface area (Å²) < 4.78 is 6.01. The van der Waals surface area contributed by atoms with Crippen molar-refractivity contribution in [2.75, 3.05) is 32.8 Å². The fourth-order valence-electron chi connectivity index (χ4n) is 2.87. The van der Waals surface area contributed by atoms with Gasteiger partial charge in [0.15, 0.2) is 0 Å². The minimum Gasteiger partial charge on any atom is -0.491 e. The quantitative estimate of drug-likeness (QED) is 0.881. The molecule has 0 bridgehead atoms. The second-order valence-corrected chi connectivity index (χ2v) is 6.50. The van der Waals surface area contributed by atoms with E-state index in [1.165, 1.54) is 5.56 Å². The summed E-state index contributed by atoms with van der Waals surface area (Å²) in [6.45, 7) is 4.61. The van der Waals surface area contributed by atoms with Crippen LogP contribution in [0.1, 0.15) is 11.6 Å². The average molecular weight is 351 g/mol. The zero-order chi connectivity index (χ0) is 16.1. The van der Waals surface area contributed by atoms with Gasteiger partial charge in [-0.25, -0.2) is 0 Å². The molecule has 3 nitrogen and oxygen atoms in total. The second-order valence-electron chi connectivity index (χ2n) is 5.63. The van der Waals surface area contributed by atoms with Gasteiger partial charge < -0.3 is 10.1 Å². The van der Waals surface area contributed by atoms with E-state index in [1.807, 2.05) is 6.07 Å². The number of ether oxygens (including phenoxy) is 1. The van der Waals surface area contributed by atoms with Crippen molar-refractivity contribution in [2.24, 2.45) is 0 Å². The number of piperazine rings is 1. The molecule has 1 atom stereocenters. The predicted molar refractivity (Wildman–Crippen MR) is 95.6 cm³/mol. The van der Waals surface area contributed by atoms with Crippen LogP contribution in [0.4, 0.5) is 0 Å². The Morgan fingerprint density at radius 1 is 1.00 bits per heavy atom. The van der Waals surface area contributed by atoms with E-state index in [2.05, 4.69) is 34.5 Å². The van der Waals surface area contributed by atoms with E-state index in [0.717, 1.165) is 26.2 Å². The number of benzene rings is 2. The lowest BCUT2D eigenvalue weighted by atomic mass is 10.1. The SMILES string of the molecule is Clc1cc(Cl)cc(OC[C@@H](c2ccccc2)N2CCNCC2)c1. The van der Waals surface area contributed by atoms with Gasteiger partial charge in [-0.15, -0.1) is 0 Å². The summed E-state index contributed by atoms with van der Waals surface area (Å²) in [5.74, 6) is 0.707. The Balaban J connectivity index is 1.75. The molecule has 23 heavy (non-hydrogen) atoms. The molecular weight excluding hydrogens is 331 g/mol. The van der Waals surface area contributed by atoms with Crippen molar-refractivity contribution in [2.45, 2.75) is 6.04 Å². The lowest BCUT2D eigenvalue weighted by molar-refractivity contribution is 0.121. The zero-order valence-electron chi connectivity index (χ0n) is 12.8. The standard InChI is InChI=1S/C18H20Cl2N2O/c19-15-10-16(20)12-17(11-15)23-13-18(14-4-2-1-3-5-14)22-8-6-21-7-9-22/h1-5,10-12,18,21H,6-9,13H2/t18-/m0/s1. The summed E-state index contributed by atoms with van der Waals surface area (Å²) in [4.78, 5) is 2.46. The maximum Gasteiger partial charge on any atom is 0.122 e. The van der Waals surface area contributed by atoms with Crippen molar-refractivity contribution >= 4 is 23.2 Å². The van der Waals surface area contributed by atoms with Crippen LogP contribution in [0.3, 0.4) is 0 Å². The van der Waals surface area contributed by atoms with E-state index in [0.29, 0.717) is 22.4 Å². The highest BCUT2D eigenvalue weighted by Crippen LogP contribution is 2.27. The van der Waals surface area contributed by atoms with Gasteiger partial charge in [0.1, 0.15) is 12.4 Å². The van der Waals surface area contributed by atoms with Crippen molar-refractivity contribution < 1.29 is 4.74 Å². The molecule has 0 saturated carbocycles. The number of nitrogens with one attached hydrogen (secondary N) is 1. The molecule has 5 heteroatoms. The molecule has 1 fully saturated rings. The first-order valence-electron chi connectivity index (χ1n) is 7.81. The van der Waals surface area contributed by atoms with Gasteiger partial charge in [0.2, 0.25) is 0 Å². The molecule has 0 aliphatic carbocycles. The van der Waals surface area contributed by atoms with Gasteiger partial charge in [-0.1, -0.05) is 53.5 Å². The first-order chi connectivity index (χ1) is 11.2. The van der Waals surface area contributed by atoms with Crippen LogP contribution in [-0.4, -0.2) is 37.7 Å². The molecule has 0 radical (unpaired) electrons. The molecular formula is C18H20Cl2N2O. The smallest absolute Gasteiger partial charge is 0.122 e. The lowest BCUT2D eigenvalue weighted by Gasteiger charge is -2.35. The van der Waals surface area contributed by atoms with Gasteiger partial charge in [0.25, 0.3) is 0 Å². The van der Waals surface area contributed by atoms with Gasteiger partial charge in [-0.3, -0.25) is 4.90 Å². The van der Waals surface area contributed by atoms with Crippen LogP contribution in [0, 0.1) is 0 Å². The van der Waals surface area contributed by atoms with Crippen LogP contribution in [-0.2, 0) is 0 Å². The van der Waals surface area contributed by atoms with Crippen molar-refractivity contribution in [1.29, 1.82) is 0 Å². The largest absolute Gasteiger partial charge is 0.491 e. The highest BCUT2D eigenvalue weighted by atomic mass is 35.5. The minimum absolute atomic E-state index is 0.219. The zero-order valence-corrected chi connectivity index (χ0v) is 14.4. The van der Waals surface area contributed by atoms with Gasteiger partial charge in [-0.05, 0) is 23.8 Å². The molecule has 1 N–H and O–H groups in total. The summed E-state index contributed by atoms with van der Waals surface area (Å²) in [6.07, 6.45) is 0. The Labute approximate surface area is 147 Å². The number of rotatable bonds is 5. The minimum atomic E-state index is 0.219. The predicted octanol–water partition coefficient (Wildman–Crippen LogP) is 4.02. The van der Waals surface area contributed by atoms with E-state index in [4.69, 9.17) is 27.9 Å². The van der Waals surface area contributed by atoms with Gasteiger partial charge in [-0.2, -0.15) is 0 Å². The van der Waals surface area contributed by atoms with Crippen LogP contribution in [0.5, 0.6) is 5.75 Å². The number of hydrogen-bond acceptors (Lipinski definition) is 3. The molecule has 1 heterocycles. The maximum atomic E-state index is 6.05. The summed E-state index contributed by atoms with van der Waals surface area (Å²) in [5, 5.41) is 4.57. The molecule has 0 spiro atoms. The van der Waals surface area contributed by atoms with Gasteiger partial charge in [0.05, 0.1) is 6.04 Å². The first kappa shape index (κ1) is 16.6. The monoisotopic (exact) mass is 350 g/mol. The average Bonchev–Trinajstić information content (AvgIpc) is 2.56. The molecule has 3 rings (SSSR count). The highest BCUT2D eigenvalue weighted by molar-refractivity contribution is 6.34. The molecule has 0 aromatic heterocycles. The van der Waals surface area contributed by atoms with E-state index >= 15 is 0 Å². The Hall–Kier alpha value is -1.26. The van der Waals surface area contributed by atoms with Crippen molar-refractivity contribution in [3.63, 3.8) is 0 Å². The van der Waals surface area contributed by atoms with Crippen LogP contribution >= 0.6 is 23.2 Å². The van der Waals surface area contributed by atoms with E-state index in [1.54, 1.807) is 18.2 Å². The summed E-state index contributed by atoms with van der Waals surface area (Å²) in [5.41, 5.74) is 1.27. The summed E-state index contributed by atoms with van der Waals surface area (Å²) in [6, 6.07) is 16.0. The Morgan fingerprint density at radius 3 is 2.30 bits per heavy atom. The van der Waals surface area contributed by atoms with E-state index < -0.39 is 0 Å². The molecule has 0 amide bonds. The Bertz CT molecular complexity index is 610. The maximum absolute atomic E-state index is 6.05. The summed E-state index contributed by atoms with van der Waals surface area (Å²) >= 11 is 12.1. The molecule has 1 aliphatic heterocycles. The van der Waals surface area contributed by atoms with Crippen LogP contribution in [0.25, 0.3) is 0 Å². The normalized spacial score (nSPS) is 17.0. The first-order valence-corrected chi connectivity index (χ1v) is 8.56. The third kappa shape index (κ3) is 4.61. The van der Waals surface area contributed by atoms with Crippen molar-refractivity contribution in [3.05, 3.63) is 64.1 Å². The fourth-order valence-corrected chi connectivity index (χ4v) is 3.37. The third-order valence-corrected chi connectivity index (χ3v) is 4.46. The topological polar surface area (TPSA) is 24.5 Å². The third-order valence-electron chi connectivity index (χ3n) is 4.02. The fraction of sp³-hybridized carbons (Fsp3) is 0.333. The highest BCUT2D eigenvalue weighted by Gasteiger charge is 2.22. The van der Waals surface area contributed by atoms with Crippen molar-refractivity contribution in [3.8, 4) is 5.75 Å². The van der Waals surface area contributed by atoms with E-state index in [-0.39, 0.29) is 6.04 Å². The number of nitrogens with zero attached hydrogens (tertiary/aromatic N) is 1. The lowest BCUT2D eigenvalue weighted by Crippen LogP contribution is -2.46. The Morgan fingerprint density at radius 2 is 1.65 bits per heavy atom. The second kappa shape index (κ2) is 8.02. The van der Waals surface area contributed by atoms with Gasteiger partial charge in [0, 0.05) is 36.2 Å². The van der Waals surface area contributed by atoms with Crippen LogP contribution < -0.4 is 10.1 Å². The molecule has 2 aromatic rings. The molecule has 2 aromatic carbocycles. The van der Waals surface area contributed by atoms with Crippen molar-refractivity contribution in [1.82, 2.24) is 10.2 Å². The molecule has 1 aliphatic rings. The molecule has 0 unspecified atom stereocenters. The molecule has 1 saturated heterocycles. The van der Waals surface area contributed by atoms with Gasteiger partial charge >= 0.3 is 0 Å². The molecule has 122 valence electrons. The Kier molecular flexibility index (Phi) is 5.79. The van der Waals surface area contributed by atoms with Crippen LogP contribution in [0.15, 0.2) is 48.5 Å².